The second-order valence-electron chi connectivity index (χ2n) is 4.75. The molecule has 2 saturated carbocycles. The third kappa shape index (κ3) is 1.35. The zero-order valence-electron chi connectivity index (χ0n) is 8.35. The molecule has 0 amide bonds. The Morgan fingerprint density at radius 2 is 1.86 bits per heavy atom. The summed E-state index contributed by atoms with van der Waals surface area (Å²) in [5.41, 5.74) is 0. The lowest BCUT2D eigenvalue weighted by atomic mass is 9.82. The maximum Gasteiger partial charge on any atom is 0.229 e. The molecule has 1 heterocycles. The molecule has 14 heavy (non-hydrogen) atoms. The zero-order chi connectivity index (χ0) is 9.38. The molecule has 0 aliphatic heterocycles. The molecule has 76 valence electrons. The average molecular weight is 192 g/mol. The van der Waals surface area contributed by atoms with E-state index in [1.54, 1.807) is 0 Å². The predicted molar refractivity (Wildman–Crippen MR) is 51.7 cm³/mol. The van der Waals surface area contributed by atoms with Gasteiger partial charge in [0.15, 0.2) is 6.33 Å². The molecule has 2 aliphatic rings. The molecule has 2 fully saturated rings. The first-order valence-electron chi connectivity index (χ1n) is 5.70. The van der Waals surface area contributed by atoms with Crippen LogP contribution < -0.4 is 0 Å². The Balaban J connectivity index is 1.74. The lowest BCUT2D eigenvalue weighted by Gasteiger charge is -2.24. The molecule has 0 spiro atoms. The average Bonchev–Trinajstić information content (AvgIpc) is 2.86. The van der Waals surface area contributed by atoms with E-state index in [4.69, 9.17) is 4.52 Å². The van der Waals surface area contributed by atoms with Crippen molar-refractivity contribution in [3.8, 4) is 0 Å². The summed E-state index contributed by atoms with van der Waals surface area (Å²) in [5.74, 6) is 3.33. The Kier molecular flexibility index (Phi) is 2.03. The van der Waals surface area contributed by atoms with E-state index >= 15 is 0 Å². The minimum Gasteiger partial charge on any atom is -0.339 e. The van der Waals surface area contributed by atoms with Crippen LogP contribution in [0.4, 0.5) is 0 Å². The molecule has 3 heteroatoms. The van der Waals surface area contributed by atoms with Gasteiger partial charge in [0.25, 0.3) is 0 Å². The molecule has 0 N–H and O–H groups in total. The summed E-state index contributed by atoms with van der Waals surface area (Å²) in [6, 6.07) is 0. The predicted octanol–water partition coefficient (Wildman–Crippen LogP) is 2.75. The molecule has 0 radical (unpaired) electrons. The van der Waals surface area contributed by atoms with Gasteiger partial charge < -0.3 is 4.52 Å². The number of nitrogens with zero attached hydrogens (tertiary/aromatic N) is 2. The van der Waals surface area contributed by atoms with Gasteiger partial charge in [-0.25, -0.2) is 0 Å². The second kappa shape index (κ2) is 3.37. The van der Waals surface area contributed by atoms with Crippen LogP contribution in [-0.4, -0.2) is 10.1 Å². The summed E-state index contributed by atoms with van der Waals surface area (Å²) in [4.78, 5) is 4.18. The van der Waals surface area contributed by atoms with Crippen molar-refractivity contribution < 1.29 is 4.52 Å². The van der Waals surface area contributed by atoms with Crippen LogP contribution in [0.1, 0.15) is 50.3 Å². The van der Waals surface area contributed by atoms with Gasteiger partial charge in [0.05, 0.1) is 0 Å². The first-order valence-corrected chi connectivity index (χ1v) is 5.70. The van der Waals surface area contributed by atoms with E-state index in [2.05, 4.69) is 10.1 Å². The molecule has 3 nitrogen and oxygen atoms in total. The van der Waals surface area contributed by atoms with Gasteiger partial charge in [-0.05, 0) is 24.7 Å². The van der Waals surface area contributed by atoms with Crippen molar-refractivity contribution in [2.45, 2.75) is 44.4 Å². The van der Waals surface area contributed by atoms with Crippen LogP contribution in [-0.2, 0) is 0 Å². The van der Waals surface area contributed by atoms with E-state index < -0.39 is 0 Å². The van der Waals surface area contributed by atoms with Crippen molar-refractivity contribution in [3.05, 3.63) is 12.2 Å². The molecule has 2 aliphatic carbocycles. The van der Waals surface area contributed by atoms with Gasteiger partial charge >= 0.3 is 0 Å². The van der Waals surface area contributed by atoms with Gasteiger partial charge in [0, 0.05) is 5.92 Å². The fraction of sp³-hybridized carbons (Fsp3) is 0.818. The van der Waals surface area contributed by atoms with Crippen molar-refractivity contribution in [2.24, 2.45) is 11.8 Å². The Labute approximate surface area is 83.9 Å². The second-order valence-corrected chi connectivity index (χ2v) is 4.75. The molecule has 0 aromatic carbocycles. The molecule has 1 aromatic rings. The minimum absolute atomic E-state index is 0.561. The number of aromatic nitrogens is 2. The summed E-state index contributed by atoms with van der Waals surface area (Å²) in [5, 5.41) is 3.70. The van der Waals surface area contributed by atoms with Gasteiger partial charge in [-0.15, -0.1) is 0 Å². The zero-order valence-corrected chi connectivity index (χ0v) is 8.35. The van der Waals surface area contributed by atoms with Gasteiger partial charge in [0.2, 0.25) is 5.89 Å². The highest BCUT2D eigenvalue weighted by Crippen LogP contribution is 2.48. The first kappa shape index (κ1) is 8.45. The van der Waals surface area contributed by atoms with Crippen molar-refractivity contribution >= 4 is 0 Å². The summed E-state index contributed by atoms with van der Waals surface area (Å²) in [7, 11) is 0. The highest BCUT2D eigenvalue weighted by atomic mass is 16.5. The van der Waals surface area contributed by atoms with E-state index in [1.165, 1.54) is 44.9 Å². The number of hydrogen-bond donors (Lipinski definition) is 0. The molecule has 3 atom stereocenters. The minimum atomic E-state index is 0.561. The molecule has 1 unspecified atom stereocenters. The Hall–Kier alpha value is -0.860. The fourth-order valence-corrected chi connectivity index (χ4v) is 3.30. The van der Waals surface area contributed by atoms with E-state index in [-0.39, 0.29) is 0 Å². The molecule has 3 rings (SSSR count). The summed E-state index contributed by atoms with van der Waals surface area (Å²) in [6.45, 7) is 0. The van der Waals surface area contributed by atoms with Crippen LogP contribution in [0.2, 0.25) is 0 Å². The monoisotopic (exact) mass is 192 g/mol. The van der Waals surface area contributed by atoms with Crippen LogP contribution in [0.3, 0.4) is 0 Å². The first-order chi connectivity index (χ1) is 6.93. The normalized spacial score (nSPS) is 37.0. The Bertz CT molecular complexity index is 282. The number of hydrogen-bond acceptors (Lipinski definition) is 3. The molecule has 0 bridgehead atoms. The van der Waals surface area contributed by atoms with Gasteiger partial charge in [-0.2, -0.15) is 4.98 Å². The van der Waals surface area contributed by atoms with Crippen LogP contribution >= 0.6 is 0 Å². The highest BCUT2D eigenvalue weighted by molar-refractivity contribution is 4.99. The van der Waals surface area contributed by atoms with E-state index in [9.17, 15) is 0 Å². The topological polar surface area (TPSA) is 38.9 Å². The SMILES string of the molecule is c1noc([C@@H]2CC3CCCC[C@@H]3C2)n1. The third-order valence-corrected chi connectivity index (χ3v) is 3.97. The molecule has 0 saturated heterocycles. The smallest absolute Gasteiger partial charge is 0.229 e. The van der Waals surface area contributed by atoms with Crippen LogP contribution in [0, 0.1) is 11.8 Å². The summed E-state index contributed by atoms with van der Waals surface area (Å²) >= 11 is 0. The maximum atomic E-state index is 5.16. The van der Waals surface area contributed by atoms with Crippen molar-refractivity contribution in [1.29, 1.82) is 0 Å². The van der Waals surface area contributed by atoms with E-state index in [0.29, 0.717) is 5.92 Å². The standard InChI is InChI=1S/C11H16N2O/c1-2-4-9-6-10(5-8(9)3-1)11-12-7-13-14-11/h7-10H,1-6H2/t8-,9?,10+/m1/s1. The third-order valence-electron chi connectivity index (χ3n) is 3.97. The van der Waals surface area contributed by atoms with E-state index in [1.807, 2.05) is 0 Å². The van der Waals surface area contributed by atoms with Gasteiger partial charge in [0.1, 0.15) is 0 Å². The lowest BCUT2D eigenvalue weighted by molar-refractivity contribution is 0.277. The molecular weight excluding hydrogens is 176 g/mol. The Morgan fingerprint density at radius 3 is 2.43 bits per heavy atom. The van der Waals surface area contributed by atoms with Crippen molar-refractivity contribution in [3.63, 3.8) is 0 Å². The number of fused-ring (bicyclic) bond motifs is 1. The van der Waals surface area contributed by atoms with E-state index in [0.717, 1.165) is 17.7 Å². The molecular formula is C11H16N2O. The summed E-state index contributed by atoms with van der Waals surface area (Å²) in [6.07, 6.45) is 9.80. The highest BCUT2D eigenvalue weighted by Gasteiger charge is 2.38. The van der Waals surface area contributed by atoms with Gasteiger partial charge in [-0.3, -0.25) is 0 Å². The quantitative estimate of drug-likeness (QED) is 0.686. The lowest BCUT2D eigenvalue weighted by Crippen LogP contribution is -2.12. The van der Waals surface area contributed by atoms with Crippen molar-refractivity contribution in [1.82, 2.24) is 10.1 Å². The Morgan fingerprint density at radius 1 is 1.14 bits per heavy atom. The van der Waals surface area contributed by atoms with Crippen LogP contribution in [0.25, 0.3) is 0 Å². The van der Waals surface area contributed by atoms with Crippen molar-refractivity contribution in [2.75, 3.05) is 0 Å². The van der Waals surface area contributed by atoms with Crippen LogP contribution in [0.15, 0.2) is 10.9 Å². The van der Waals surface area contributed by atoms with Gasteiger partial charge in [-0.1, -0.05) is 30.8 Å². The maximum absolute atomic E-state index is 5.16. The fourth-order valence-electron chi connectivity index (χ4n) is 3.30. The number of rotatable bonds is 1. The summed E-state index contributed by atoms with van der Waals surface area (Å²) < 4.78 is 5.16. The largest absolute Gasteiger partial charge is 0.339 e. The van der Waals surface area contributed by atoms with Crippen LogP contribution in [0.5, 0.6) is 0 Å². The molecule has 1 aromatic heterocycles.